The first-order valence-corrected chi connectivity index (χ1v) is 14.3. The lowest BCUT2D eigenvalue weighted by molar-refractivity contribution is -0.921. The molecular weight excluding hydrogens is 626 g/mol. The maximum atomic E-state index is 13.8. The van der Waals surface area contributed by atoms with Gasteiger partial charge in [0.2, 0.25) is 9.91 Å². The van der Waals surface area contributed by atoms with Gasteiger partial charge in [0.1, 0.15) is 4.90 Å². The summed E-state index contributed by atoms with van der Waals surface area (Å²) in [5, 5.41) is 0. The van der Waals surface area contributed by atoms with Gasteiger partial charge in [0.25, 0.3) is 0 Å². The van der Waals surface area contributed by atoms with E-state index in [2.05, 4.69) is 36.1 Å². The van der Waals surface area contributed by atoms with Gasteiger partial charge in [-0.15, -0.1) is 0 Å². The van der Waals surface area contributed by atoms with E-state index in [0.29, 0.717) is 0 Å². The molecule has 0 aromatic heterocycles. The van der Waals surface area contributed by atoms with Crippen LogP contribution < -0.4 is 0 Å². The number of nitrogens with zero attached hydrogens (tertiary/aromatic N) is 1. The molecule has 246 valence electrons. The second kappa shape index (κ2) is 9.94. The van der Waals surface area contributed by atoms with Crippen LogP contribution in [0.5, 0.6) is 0 Å². The molecule has 2 aliphatic rings. The van der Waals surface area contributed by atoms with Crippen LogP contribution in [-0.2, 0) is 34.9 Å². The van der Waals surface area contributed by atoms with Gasteiger partial charge in [-0.05, 0) is 38.7 Å². The summed E-state index contributed by atoms with van der Waals surface area (Å²) < 4.78 is 196. The first kappa shape index (κ1) is 36.6. The minimum absolute atomic E-state index is 0.0527. The molecule has 0 saturated heterocycles. The van der Waals surface area contributed by atoms with Crippen LogP contribution in [0.4, 0.5) is 52.7 Å². The van der Waals surface area contributed by atoms with E-state index in [0.717, 1.165) is 20.8 Å². The van der Waals surface area contributed by atoms with Gasteiger partial charge in [0.15, 0.2) is 0 Å². The Bertz CT molecular complexity index is 1140. The maximum Gasteiger partial charge on any atom is 0.432 e. The van der Waals surface area contributed by atoms with Crippen molar-refractivity contribution in [1.29, 1.82) is 0 Å². The average Bonchev–Trinajstić information content (AvgIpc) is 3.18. The second-order valence-corrected chi connectivity index (χ2v) is 13.3. The fourth-order valence-electron chi connectivity index (χ4n) is 5.05. The van der Waals surface area contributed by atoms with Crippen molar-refractivity contribution in [3.63, 3.8) is 0 Å². The maximum absolute atomic E-state index is 13.8. The van der Waals surface area contributed by atoms with Crippen LogP contribution in [0, 0.1) is 0 Å². The molecule has 3 rings (SSSR count). The molecule has 0 amide bonds. The quantitative estimate of drug-likeness (QED) is 0.263. The van der Waals surface area contributed by atoms with E-state index in [-0.39, 0.29) is 12.1 Å². The molecule has 5 nitrogen and oxygen atoms in total. The van der Waals surface area contributed by atoms with E-state index in [1.165, 1.54) is 30.7 Å². The molecular formula is C24H32F12NO4S+. The number of hydrogen-bond acceptors (Lipinski definition) is 3. The zero-order valence-electron chi connectivity index (χ0n) is 23.5. The third kappa shape index (κ3) is 5.11. The van der Waals surface area contributed by atoms with Crippen molar-refractivity contribution < 1.29 is 74.3 Å². The van der Waals surface area contributed by atoms with Gasteiger partial charge in [0.05, 0.1) is 26.2 Å². The summed E-state index contributed by atoms with van der Waals surface area (Å²) in [4.78, 5) is -2.51. The molecule has 42 heavy (non-hydrogen) atoms. The molecule has 2 aliphatic heterocycles. The van der Waals surface area contributed by atoms with Crippen LogP contribution in [0.3, 0.4) is 0 Å². The predicted octanol–water partition coefficient (Wildman–Crippen LogP) is 8.05. The minimum atomic E-state index is -7.99. The third-order valence-corrected chi connectivity index (χ3v) is 10.1. The van der Waals surface area contributed by atoms with Gasteiger partial charge in [-0.1, -0.05) is 32.9 Å². The van der Waals surface area contributed by atoms with E-state index in [1.807, 2.05) is 0 Å². The molecule has 0 aliphatic carbocycles. The zero-order chi connectivity index (χ0) is 33.4. The number of quaternary nitrogens is 1. The highest BCUT2D eigenvalue weighted by Gasteiger charge is 2.89. The van der Waals surface area contributed by atoms with Crippen LogP contribution in [0.25, 0.3) is 0 Å². The Morgan fingerprint density at radius 2 is 0.929 bits per heavy atom. The summed E-state index contributed by atoms with van der Waals surface area (Å²) in [7, 11) is -7.99. The first-order valence-electron chi connectivity index (χ1n) is 12.6. The summed E-state index contributed by atoms with van der Waals surface area (Å²) >= 11 is 0. The Morgan fingerprint density at radius 1 is 0.667 bits per heavy atom. The number of hydrogen-bond donors (Lipinski definition) is 1. The van der Waals surface area contributed by atoms with Crippen molar-refractivity contribution in [3.05, 3.63) is 28.8 Å². The smallest absolute Gasteiger partial charge is 0.325 e. The van der Waals surface area contributed by atoms with Gasteiger partial charge >= 0.3 is 35.9 Å². The number of benzene rings is 1. The first-order chi connectivity index (χ1) is 18.4. The number of rotatable bonds is 4. The Balaban J connectivity index is 0.000000592. The number of alkyl halides is 12. The predicted molar refractivity (Wildman–Crippen MR) is 126 cm³/mol. The normalized spacial score (nSPS) is 22.0. The molecule has 0 radical (unpaired) electrons. The van der Waals surface area contributed by atoms with Gasteiger partial charge < -0.3 is 4.48 Å². The highest BCUT2D eigenvalue weighted by atomic mass is 32.3. The average molecular weight is 659 g/mol. The van der Waals surface area contributed by atoms with Crippen LogP contribution in [0.2, 0.25) is 0 Å². The molecule has 0 atom stereocenters. The van der Waals surface area contributed by atoms with Gasteiger partial charge in [0, 0.05) is 11.1 Å². The Hall–Kier alpha value is -1.63. The SMILES string of the molecule is CC(C)(C)c1cc2c3c(c1)C(C(F)(F)F)(C(F)(F)F)OS3(=O)(O)OC2(C(F)(F)F)C(F)(F)F.CC[N+](CC)(CC)CC. The summed E-state index contributed by atoms with van der Waals surface area (Å²) in [5.41, 5.74) is -18.9. The van der Waals surface area contributed by atoms with Crippen LogP contribution >= 0.6 is 0 Å². The lowest BCUT2D eigenvalue weighted by Crippen LogP contribution is -2.60. The Morgan fingerprint density at radius 3 is 1.10 bits per heavy atom. The van der Waals surface area contributed by atoms with Crippen molar-refractivity contribution in [2.45, 2.75) is 94.7 Å². The van der Waals surface area contributed by atoms with E-state index < -0.39 is 72.8 Å². The molecule has 0 bridgehead atoms. The van der Waals surface area contributed by atoms with Gasteiger partial charge in [-0.2, -0.15) is 56.9 Å². The van der Waals surface area contributed by atoms with Crippen LogP contribution in [0.1, 0.15) is 65.2 Å². The summed E-state index contributed by atoms with van der Waals surface area (Å²) in [6, 6.07) is -0.105. The molecule has 0 spiro atoms. The lowest BCUT2D eigenvalue weighted by atomic mass is 9.78. The number of halogens is 12. The topological polar surface area (TPSA) is 55.8 Å². The van der Waals surface area contributed by atoms with Gasteiger partial charge in [-0.25, -0.2) is 8.37 Å². The summed E-state index contributed by atoms with van der Waals surface area (Å²) in [6.07, 6.45) is -26.6. The lowest BCUT2D eigenvalue weighted by Gasteiger charge is -2.41. The fourth-order valence-corrected chi connectivity index (χ4v) is 7.83. The van der Waals surface area contributed by atoms with Crippen molar-refractivity contribution in [2.24, 2.45) is 0 Å². The Kier molecular flexibility index (Phi) is 8.65. The zero-order valence-corrected chi connectivity index (χ0v) is 24.4. The standard InChI is InChI=1S/C16H12F12O4S.C8H20N/c1-10(2,3)6-4-7-9-8(5-6)12(15(23,24)25,16(26,27)28)32-33(9,29,30)31-11(7,13(17,18)19)14(20,21)22;1-5-9(6-2,7-3)8-4/h4-5H,1-3H3,(H,29,30);5-8H2,1-4H3/q;+1. The Labute approximate surface area is 234 Å². The molecule has 0 fully saturated rings. The molecule has 18 heteroatoms. The van der Waals surface area contributed by atoms with Crippen molar-refractivity contribution in [1.82, 2.24) is 0 Å². The van der Waals surface area contributed by atoms with E-state index >= 15 is 0 Å². The molecule has 0 unspecified atom stereocenters. The van der Waals surface area contributed by atoms with Crippen molar-refractivity contribution in [2.75, 3.05) is 26.2 Å². The largest absolute Gasteiger partial charge is 0.432 e. The molecule has 1 aromatic rings. The van der Waals surface area contributed by atoms with Gasteiger partial charge in [-0.3, -0.25) is 4.55 Å². The van der Waals surface area contributed by atoms with Crippen molar-refractivity contribution >= 4 is 9.91 Å². The van der Waals surface area contributed by atoms with Crippen molar-refractivity contribution in [3.8, 4) is 0 Å². The van der Waals surface area contributed by atoms with Crippen LogP contribution in [0.15, 0.2) is 17.0 Å². The molecule has 0 saturated carbocycles. The second-order valence-electron chi connectivity index (χ2n) is 11.0. The van der Waals surface area contributed by atoms with Crippen LogP contribution in [-0.4, -0.2) is 64.1 Å². The monoisotopic (exact) mass is 658 g/mol. The highest BCUT2D eigenvalue weighted by molar-refractivity contribution is 8.07. The van der Waals surface area contributed by atoms with E-state index in [4.69, 9.17) is 0 Å². The summed E-state index contributed by atoms with van der Waals surface area (Å²) in [6.45, 7) is 17.4. The molecule has 1 N–H and O–H groups in total. The fraction of sp³-hybridized carbons (Fsp3) is 0.750. The minimum Gasteiger partial charge on any atom is -0.325 e. The highest BCUT2D eigenvalue weighted by Crippen LogP contribution is 2.73. The van der Waals surface area contributed by atoms with E-state index in [1.54, 1.807) is 0 Å². The third-order valence-electron chi connectivity index (χ3n) is 7.88. The summed E-state index contributed by atoms with van der Waals surface area (Å²) in [5.74, 6) is 0. The van der Waals surface area contributed by atoms with E-state index in [9.17, 15) is 61.4 Å². The molecule has 1 aromatic carbocycles. The molecule has 2 heterocycles.